The van der Waals surface area contributed by atoms with Gasteiger partial charge in [-0.05, 0) is 61.2 Å². The van der Waals surface area contributed by atoms with Crippen LogP contribution in [0.5, 0.6) is 11.5 Å². The van der Waals surface area contributed by atoms with Crippen molar-refractivity contribution in [3.8, 4) is 11.5 Å². The third-order valence-electron chi connectivity index (χ3n) is 5.15. The smallest absolute Gasteiger partial charge is 0.241 e. The number of nitrogens with two attached hydrogens (primary N) is 1. The van der Waals surface area contributed by atoms with Crippen LogP contribution in [0.1, 0.15) is 12.8 Å². The Labute approximate surface area is 192 Å². The van der Waals surface area contributed by atoms with Crippen LogP contribution >= 0.6 is 24.8 Å². The minimum atomic E-state index is -0.597. The Hall–Kier alpha value is -2.45. The number of carbonyl (C=O) groups is 1. The predicted octanol–water partition coefficient (Wildman–Crippen LogP) is 4.70. The van der Waals surface area contributed by atoms with Crippen molar-refractivity contribution in [3.05, 3.63) is 60.7 Å². The average molecular weight is 468 g/mol. The second kappa shape index (κ2) is 11.2. The molecule has 1 aliphatic rings. The Kier molecular flexibility index (Phi) is 9.00. The molecule has 2 heterocycles. The molecular weight excluding hydrogens is 444 g/mol. The highest BCUT2D eigenvalue weighted by Gasteiger charge is 2.27. The van der Waals surface area contributed by atoms with E-state index in [-0.39, 0.29) is 42.5 Å². The van der Waals surface area contributed by atoms with Crippen LogP contribution in [0.25, 0.3) is 10.8 Å². The van der Waals surface area contributed by atoms with E-state index in [1.54, 1.807) is 36.7 Å². The van der Waals surface area contributed by atoms with Crippen molar-refractivity contribution in [2.75, 3.05) is 18.5 Å². The summed E-state index contributed by atoms with van der Waals surface area (Å²) in [5.74, 6) is 0.650. The van der Waals surface area contributed by atoms with Crippen molar-refractivity contribution in [1.82, 2.24) is 4.98 Å². The van der Waals surface area contributed by atoms with Crippen molar-refractivity contribution >= 4 is 47.2 Å². The lowest BCUT2D eigenvalue weighted by molar-refractivity contribution is -0.119. The number of nitrogens with one attached hydrogen (secondary N) is 1. The number of ether oxygens (including phenoxy) is 2. The Morgan fingerprint density at radius 1 is 1.10 bits per heavy atom. The van der Waals surface area contributed by atoms with E-state index >= 15 is 0 Å². The van der Waals surface area contributed by atoms with Crippen LogP contribution < -0.4 is 15.8 Å². The normalized spacial score (nSPS) is 14.8. The Morgan fingerprint density at radius 3 is 2.52 bits per heavy atom. The maximum atomic E-state index is 13.1. The highest BCUT2D eigenvalue weighted by Crippen LogP contribution is 2.34. The third-order valence-corrected chi connectivity index (χ3v) is 5.15. The standard InChI is InChI=1S/C22H22FN3O3.2ClH/c23-15-1-3-16(4-2-15)29-20-6-5-19(18-13-25-10-7-17(18)20)26-22(27)21(24)14-8-11-28-12-9-14;;/h1-7,10,13-14,21H,8-9,11-12,24H2,(H,26,27);2*1H. The molecule has 4 rings (SSSR count). The molecule has 3 aromatic rings. The van der Waals surface area contributed by atoms with Gasteiger partial charge in [-0.1, -0.05) is 0 Å². The van der Waals surface area contributed by atoms with Crippen LogP contribution in [0.2, 0.25) is 0 Å². The van der Waals surface area contributed by atoms with Crippen molar-refractivity contribution in [2.45, 2.75) is 18.9 Å². The highest BCUT2D eigenvalue weighted by atomic mass is 35.5. The van der Waals surface area contributed by atoms with Crippen LogP contribution in [0.15, 0.2) is 54.9 Å². The molecular formula is C22H24Cl2FN3O3. The molecule has 1 unspecified atom stereocenters. The van der Waals surface area contributed by atoms with E-state index in [0.717, 1.165) is 23.6 Å². The van der Waals surface area contributed by atoms with Gasteiger partial charge >= 0.3 is 0 Å². The summed E-state index contributed by atoms with van der Waals surface area (Å²) < 4.78 is 24.4. The first kappa shape index (κ1) is 24.8. The van der Waals surface area contributed by atoms with E-state index in [1.165, 1.54) is 12.1 Å². The molecule has 0 saturated carbocycles. The first-order valence-corrected chi connectivity index (χ1v) is 9.56. The van der Waals surface area contributed by atoms with Gasteiger partial charge in [0, 0.05) is 36.4 Å². The van der Waals surface area contributed by atoms with Crippen molar-refractivity contribution in [2.24, 2.45) is 11.7 Å². The molecule has 0 radical (unpaired) electrons. The molecule has 31 heavy (non-hydrogen) atoms. The zero-order chi connectivity index (χ0) is 20.2. The van der Waals surface area contributed by atoms with Crippen LogP contribution in [0.3, 0.4) is 0 Å². The molecule has 3 N–H and O–H groups in total. The van der Waals surface area contributed by atoms with E-state index in [4.69, 9.17) is 15.2 Å². The lowest BCUT2D eigenvalue weighted by atomic mass is 9.92. The van der Waals surface area contributed by atoms with Gasteiger partial charge in [0.25, 0.3) is 0 Å². The summed E-state index contributed by atoms with van der Waals surface area (Å²) in [4.78, 5) is 16.9. The van der Waals surface area contributed by atoms with Crippen LogP contribution in [-0.2, 0) is 9.53 Å². The topological polar surface area (TPSA) is 86.5 Å². The van der Waals surface area contributed by atoms with Crippen LogP contribution in [-0.4, -0.2) is 30.1 Å². The second-order valence-electron chi connectivity index (χ2n) is 7.05. The zero-order valence-electron chi connectivity index (χ0n) is 16.6. The van der Waals surface area contributed by atoms with E-state index in [9.17, 15) is 9.18 Å². The van der Waals surface area contributed by atoms with Gasteiger partial charge in [-0.2, -0.15) is 0 Å². The summed E-state index contributed by atoms with van der Waals surface area (Å²) in [6.07, 6.45) is 4.88. The first-order valence-electron chi connectivity index (χ1n) is 9.56. The molecule has 1 atom stereocenters. The number of nitrogens with zero attached hydrogens (tertiary/aromatic N) is 1. The van der Waals surface area contributed by atoms with Gasteiger partial charge in [0.15, 0.2) is 0 Å². The molecule has 1 saturated heterocycles. The zero-order valence-corrected chi connectivity index (χ0v) is 18.3. The number of rotatable bonds is 5. The number of halogens is 3. The molecule has 1 aromatic heterocycles. The number of hydrogen-bond donors (Lipinski definition) is 2. The predicted molar refractivity (Wildman–Crippen MR) is 123 cm³/mol. The summed E-state index contributed by atoms with van der Waals surface area (Å²) in [5.41, 5.74) is 6.81. The van der Waals surface area contributed by atoms with Gasteiger partial charge < -0.3 is 20.5 Å². The van der Waals surface area contributed by atoms with Crippen LogP contribution in [0, 0.1) is 11.7 Å². The van der Waals surface area contributed by atoms with E-state index in [1.807, 2.05) is 6.07 Å². The van der Waals surface area contributed by atoms with E-state index in [0.29, 0.717) is 30.4 Å². The summed E-state index contributed by atoms with van der Waals surface area (Å²) >= 11 is 0. The minimum Gasteiger partial charge on any atom is -0.457 e. The Balaban J connectivity index is 0.00000171. The second-order valence-corrected chi connectivity index (χ2v) is 7.05. The number of anilines is 1. The van der Waals surface area contributed by atoms with Gasteiger partial charge in [-0.25, -0.2) is 4.39 Å². The Bertz CT molecular complexity index is 1010. The van der Waals surface area contributed by atoms with Crippen molar-refractivity contribution in [3.63, 3.8) is 0 Å². The summed E-state index contributed by atoms with van der Waals surface area (Å²) in [5, 5.41) is 4.45. The van der Waals surface area contributed by atoms with Gasteiger partial charge in [-0.3, -0.25) is 9.78 Å². The molecule has 1 fully saturated rings. The number of aromatic nitrogens is 1. The SMILES string of the molecule is Cl.Cl.NC(C(=O)Nc1ccc(Oc2ccc(F)cc2)c2ccncc12)C1CCOCC1. The lowest BCUT2D eigenvalue weighted by Crippen LogP contribution is -2.44. The summed E-state index contributed by atoms with van der Waals surface area (Å²) in [6, 6.07) is 10.5. The third kappa shape index (κ3) is 5.83. The molecule has 0 aliphatic carbocycles. The number of hydrogen-bond acceptors (Lipinski definition) is 5. The molecule has 1 amide bonds. The number of benzene rings is 2. The maximum Gasteiger partial charge on any atom is 0.241 e. The summed E-state index contributed by atoms with van der Waals surface area (Å²) in [7, 11) is 0. The number of pyridine rings is 1. The molecule has 6 nitrogen and oxygen atoms in total. The Morgan fingerprint density at radius 2 is 1.81 bits per heavy atom. The highest BCUT2D eigenvalue weighted by molar-refractivity contribution is 6.05. The van der Waals surface area contributed by atoms with E-state index in [2.05, 4.69) is 10.3 Å². The van der Waals surface area contributed by atoms with Gasteiger partial charge in [0.2, 0.25) is 5.91 Å². The number of carbonyl (C=O) groups excluding carboxylic acids is 1. The maximum absolute atomic E-state index is 13.1. The first-order chi connectivity index (χ1) is 14.1. The lowest BCUT2D eigenvalue weighted by Gasteiger charge is -2.27. The van der Waals surface area contributed by atoms with Crippen LogP contribution in [0.4, 0.5) is 10.1 Å². The molecule has 2 aromatic carbocycles. The minimum absolute atomic E-state index is 0. The molecule has 166 valence electrons. The fourth-order valence-electron chi connectivity index (χ4n) is 3.50. The molecule has 0 bridgehead atoms. The van der Waals surface area contributed by atoms with Gasteiger partial charge in [0.05, 0.1) is 11.7 Å². The largest absolute Gasteiger partial charge is 0.457 e. The number of amides is 1. The number of fused-ring (bicyclic) bond motifs is 1. The van der Waals surface area contributed by atoms with Crippen molar-refractivity contribution < 1.29 is 18.7 Å². The molecule has 1 aliphatic heterocycles. The monoisotopic (exact) mass is 467 g/mol. The molecule has 9 heteroatoms. The molecule has 0 spiro atoms. The quantitative estimate of drug-likeness (QED) is 0.567. The summed E-state index contributed by atoms with van der Waals surface area (Å²) in [6.45, 7) is 1.27. The average Bonchev–Trinajstić information content (AvgIpc) is 2.77. The fraction of sp³-hybridized carbons (Fsp3) is 0.273. The van der Waals surface area contributed by atoms with E-state index < -0.39 is 6.04 Å². The van der Waals surface area contributed by atoms with Gasteiger partial charge in [-0.15, -0.1) is 24.8 Å². The van der Waals surface area contributed by atoms with Crippen molar-refractivity contribution in [1.29, 1.82) is 0 Å². The fourth-order valence-corrected chi connectivity index (χ4v) is 3.50. The van der Waals surface area contributed by atoms with Gasteiger partial charge in [0.1, 0.15) is 17.3 Å².